The van der Waals surface area contributed by atoms with E-state index in [1.54, 1.807) is 19.1 Å². The van der Waals surface area contributed by atoms with E-state index in [0.29, 0.717) is 30.8 Å². The molecule has 8 nitrogen and oxygen atoms in total. The summed E-state index contributed by atoms with van der Waals surface area (Å²) in [5, 5.41) is 23.3. The highest BCUT2D eigenvalue weighted by atomic mass is 16.6. The molecule has 1 aromatic rings. The normalized spacial score (nSPS) is 25.0. The predicted molar refractivity (Wildman–Crippen MR) is 94.9 cm³/mol. The number of likely N-dealkylation sites (tertiary alicyclic amines) is 1. The van der Waals surface area contributed by atoms with Crippen LogP contribution in [0.4, 0.5) is 11.4 Å². The molecule has 26 heavy (non-hydrogen) atoms. The Hall–Kier alpha value is -2.48. The minimum Gasteiger partial charge on any atom is -0.481 e. The average molecular weight is 361 g/mol. The summed E-state index contributed by atoms with van der Waals surface area (Å²) in [7, 11) is 0. The van der Waals surface area contributed by atoms with E-state index in [2.05, 4.69) is 10.2 Å². The van der Waals surface area contributed by atoms with Gasteiger partial charge in [0.2, 0.25) is 5.91 Å². The topological polar surface area (TPSA) is 113 Å². The van der Waals surface area contributed by atoms with Gasteiger partial charge in [0.1, 0.15) is 0 Å². The Balaban J connectivity index is 1.57. The number of aliphatic carboxylic acids is 1. The van der Waals surface area contributed by atoms with Gasteiger partial charge in [0, 0.05) is 32.1 Å². The number of benzene rings is 1. The summed E-state index contributed by atoms with van der Waals surface area (Å²) >= 11 is 0. The third-order valence-corrected chi connectivity index (χ3v) is 5.80. The molecule has 1 aromatic carbocycles. The Morgan fingerprint density at radius 3 is 2.88 bits per heavy atom. The number of hydrogen-bond donors (Lipinski definition) is 2. The van der Waals surface area contributed by atoms with Crippen LogP contribution in [0.3, 0.4) is 0 Å². The second kappa shape index (κ2) is 7.03. The highest BCUT2D eigenvalue weighted by molar-refractivity contribution is 5.92. The first-order valence-electron chi connectivity index (χ1n) is 8.83. The molecule has 0 aromatic heterocycles. The molecule has 3 rings (SSSR count). The molecule has 0 bridgehead atoms. The second-order valence-corrected chi connectivity index (χ2v) is 7.29. The standard InChI is InChI=1S/C18H23N3O5/c1-12-14(5-2-6-15(12)21(25)26)19-16(22)7-9-20-10-13-4-3-8-18(13,11-20)17(23)24/h2,5-6,13H,3-4,7-11H2,1H3,(H,19,22)(H,23,24)/t13-,18+/m0/s1. The molecule has 0 unspecified atom stereocenters. The molecule has 140 valence electrons. The quantitative estimate of drug-likeness (QED) is 0.594. The Morgan fingerprint density at radius 1 is 1.46 bits per heavy atom. The van der Waals surface area contributed by atoms with Gasteiger partial charge in [-0.1, -0.05) is 12.5 Å². The Kier molecular flexibility index (Phi) is 4.95. The SMILES string of the molecule is Cc1c(NC(=O)CCN2C[C@@H]3CCC[C@@]3(C(=O)O)C2)cccc1[N+](=O)[O-]. The Morgan fingerprint density at radius 2 is 2.23 bits per heavy atom. The van der Waals surface area contributed by atoms with Gasteiger partial charge in [-0.05, 0) is 31.7 Å². The van der Waals surface area contributed by atoms with Gasteiger partial charge >= 0.3 is 5.97 Å². The zero-order valence-corrected chi connectivity index (χ0v) is 14.7. The van der Waals surface area contributed by atoms with Gasteiger partial charge in [-0.3, -0.25) is 19.7 Å². The molecule has 1 amide bonds. The fraction of sp³-hybridized carbons (Fsp3) is 0.556. The molecule has 1 saturated heterocycles. The number of anilines is 1. The Labute approximate surface area is 151 Å². The monoisotopic (exact) mass is 361 g/mol. The molecule has 1 saturated carbocycles. The maximum atomic E-state index is 12.2. The summed E-state index contributed by atoms with van der Waals surface area (Å²) in [5.74, 6) is -0.781. The summed E-state index contributed by atoms with van der Waals surface area (Å²) in [4.78, 5) is 36.5. The lowest BCUT2D eigenvalue weighted by Crippen LogP contribution is -2.36. The molecule has 0 radical (unpaired) electrons. The Bertz CT molecular complexity index is 750. The lowest BCUT2D eigenvalue weighted by atomic mass is 9.81. The number of fused-ring (bicyclic) bond motifs is 1. The first-order valence-corrected chi connectivity index (χ1v) is 8.83. The minimum absolute atomic E-state index is 0.0291. The van der Waals surface area contributed by atoms with Crippen molar-refractivity contribution in [2.75, 3.05) is 25.0 Å². The molecule has 2 N–H and O–H groups in total. The van der Waals surface area contributed by atoms with E-state index in [9.17, 15) is 24.8 Å². The first kappa shape index (κ1) is 18.3. The number of nitrogens with one attached hydrogen (secondary N) is 1. The molecule has 1 heterocycles. The maximum Gasteiger partial charge on any atom is 0.311 e. The summed E-state index contributed by atoms with van der Waals surface area (Å²) in [5.41, 5.74) is 0.182. The van der Waals surface area contributed by atoms with Crippen LogP contribution in [0.15, 0.2) is 18.2 Å². The van der Waals surface area contributed by atoms with Crippen LogP contribution in [0.1, 0.15) is 31.2 Å². The van der Waals surface area contributed by atoms with E-state index in [1.807, 2.05) is 0 Å². The summed E-state index contributed by atoms with van der Waals surface area (Å²) in [6.07, 6.45) is 2.83. The number of nitro benzene ring substituents is 1. The van der Waals surface area contributed by atoms with Crippen LogP contribution in [0.25, 0.3) is 0 Å². The number of carbonyl (C=O) groups is 2. The van der Waals surface area contributed by atoms with E-state index < -0.39 is 16.3 Å². The largest absolute Gasteiger partial charge is 0.481 e. The lowest BCUT2D eigenvalue weighted by Gasteiger charge is -2.23. The number of amides is 1. The second-order valence-electron chi connectivity index (χ2n) is 7.29. The lowest BCUT2D eigenvalue weighted by molar-refractivity contribution is -0.385. The van der Waals surface area contributed by atoms with Crippen LogP contribution in [-0.4, -0.2) is 46.4 Å². The van der Waals surface area contributed by atoms with E-state index in [-0.39, 0.29) is 23.9 Å². The molecule has 2 fully saturated rings. The summed E-state index contributed by atoms with van der Waals surface area (Å²) < 4.78 is 0. The number of rotatable bonds is 6. The molecule has 1 aliphatic carbocycles. The van der Waals surface area contributed by atoms with Crippen molar-refractivity contribution < 1.29 is 19.6 Å². The van der Waals surface area contributed by atoms with Crippen molar-refractivity contribution in [1.82, 2.24) is 4.90 Å². The maximum absolute atomic E-state index is 12.2. The molecule has 2 aliphatic rings. The van der Waals surface area contributed by atoms with Crippen LogP contribution < -0.4 is 5.32 Å². The summed E-state index contributed by atoms with van der Waals surface area (Å²) in [6, 6.07) is 4.58. The van der Waals surface area contributed by atoms with Crippen molar-refractivity contribution in [3.8, 4) is 0 Å². The van der Waals surface area contributed by atoms with Gasteiger partial charge in [0.25, 0.3) is 5.69 Å². The van der Waals surface area contributed by atoms with Crippen LogP contribution >= 0.6 is 0 Å². The zero-order valence-electron chi connectivity index (χ0n) is 14.7. The molecular formula is C18H23N3O5. The number of hydrogen-bond acceptors (Lipinski definition) is 5. The highest BCUT2D eigenvalue weighted by Crippen LogP contribution is 2.48. The van der Waals surface area contributed by atoms with Gasteiger partial charge in [-0.25, -0.2) is 0 Å². The molecule has 1 aliphatic heterocycles. The van der Waals surface area contributed by atoms with Gasteiger partial charge in [0.15, 0.2) is 0 Å². The smallest absolute Gasteiger partial charge is 0.311 e. The van der Waals surface area contributed by atoms with Crippen molar-refractivity contribution >= 4 is 23.3 Å². The number of carboxylic acids is 1. The van der Waals surface area contributed by atoms with Crippen molar-refractivity contribution in [3.05, 3.63) is 33.9 Å². The van der Waals surface area contributed by atoms with Gasteiger partial charge in [-0.15, -0.1) is 0 Å². The van der Waals surface area contributed by atoms with Crippen LogP contribution in [0.2, 0.25) is 0 Å². The highest BCUT2D eigenvalue weighted by Gasteiger charge is 2.54. The average Bonchev–Trinajstić information content (AvgIpc) is 3.12. The van der Waals surface area contributed by atoms with E-state index in [0.717, 1.165) is 19.4 Å². The number of carboxylic acid groups (broad SMARTS) is 1. The predicted octanol–water partition coefficient (Wildman–Crippen LogP) is 2.42. The van der Waals surface area contributed by atoms with Crippen molar-refractivity contribution in [1.29, 1.82) is 0 Å². The molecule has 2 atom stereocenters. The molecular weight excluding hydrogens is 338 g/mol. The number of carbonyl (C=O) groups excluding carboxylic acids is 1. The third kappa shape index (κ3) is 3.29. The number of nitrogens with zero attached hydrogens (tertiary/aromatic N) is 2. The van der Waals surface area contributed by atoms with Crippen molar-refractivity contribution in [2.24, 2.45) is 11.3 Å². The summed E-state index contributed by atoms with van der Waals surface area (Å²) in [6.45, 7) is 3.31. The van der Waals surface area contributed by atoms with Gasteiger partial charge in [-0.2, -0.15) is 0 Å². The first-order chi connectivity index (χ1) is 12.3. The van der Waals surface area contributed by atoms with Crippen LogP contribution in [0, 0.1) is 28.4 Å². The molecule has 8 heteroatoms. The van der Waals surface area contributed by atoms with Gasteiger partial charge in [0.05, 0.1) is 21.6 Å². The van der Waals surface area contributed by atoms with Crippen molar-refractivity contribution in [3.63, 3.8) is 0 Å². The van der Waals surface area contributed by atoms with Crippen molar-refractivity contribution in [2.45, 2.75) is 32.6 Å². The minimum atomic E-state index is -0.723. The van der Waals surface area contributed by atoms with Crippen LogP contribution in [-0.2, 0) is 9.59 Å². The number of nitro groups is 1. The zero-order chi connectivity index (χ0) is 18.9. The van der Waals surface area contributed by atoms with E-state index in [4.69, 9.17) is 0 Å². The van der Waals surface area contributed by atoms with E-state index >= 15 is 0 Å². The molecule has 0 spiro atoms. The van der Waals surface area contributed by atoms with E-state index in [1.165, 1.54) is 6.07 Å². The third-order valence-electron chi connectivity index (χ3n) is 5.80. The van der Waals surface area contributed by atoms with Crippen LogP contribution in [0.5, 0.6) is 0 Å². The van der Waals surface area contributed by atoms with Gasteiger partial charge < -0.3 is 15.3 Å². The fourth-order valence-electron chi connectivity index (χ4n) is 4.34. The fourth-order valence-corrected chi connectivity index (χ4v) is 4.34.